The molecule has 13 heteroatoms. The highest BCUT2D eigenvalue weighted by atomic mass is 19.4. The molecule has 0 radical (unpaired) electrons. The summed E-state index contributed by atoms with van der Waals surface area (Å²) in [6.07, 6.45) is -4.01. The summed E-state index contributed by atoms with van der Waals surface area (Å²) in [5, 5.41) is 13.7. The lowest BCUT2D eigenvalue weighted by molar-refractivity contribution is -0.138. The number of benzene rings is 1. The van der Waals surface area contributed by atoms with Crippen molar-refractivity contribution in [1.29, 1.82) is 0 Å². The standard InChI is InChI=1S/C23H25F3N6O4/c1-4-13-10-36-21(34)32(13)20-28-11(2)27-19(30-20)31-22(5-6-22)15-8-12-7-14(23(24,25)26)17(35-3)9-16(12)29-18(15)33/h7-9,13,21,34H,4-6,10H2,1-3H3,(H,29,33)(H,27,28,30,31)/t13-,21?/m0/s1. The highest BCUT2D eigenvalue weighted by Gasteiger charge is 2.47. The van der Waals surface area contributed by atoms with E-state index in [-0.39, 0.29) is 40.2 Å². The normalized spacial score (nSPS) is 21.1. The van der Waals surface area contributed by atoms with Gasteiger partial charge in [-0.25, -0.2) is 0 Å². The molecule has 10 nitrogen and oxygen atoms in total. The zero-order valence-corrected chi connectivity index (χ0v) is 19.8. The summed E-state index contributed by atoms with van der Waals surface area (Å²) in [4.78, 5) is 30.3. The third-order valence-electron chi connectivity index (χ3n) is 6.59. The van der Waals surface area contributed by atoms with E-state index in [4.69, 9.17) is 9.47 Å². The maximum Gasteiger partial charge on any atom is 0.419 e. The van der Waals surface area contributed by atoms with Crippen LogP contribution in [0.2, 0.25) is 0 Å². The predicted octanol–water partition coefficient (Wildman–Crippen LogP) is 3.04. The summed E-state index contributed by atoms with van der Waals surface area (Å²) in [6.45, 7) is 3.96. The van der Waals surface area contributed by atoms with Crippen molar-refractivity contribution >= 4 is 22.8 Å². The van der Waals surface area contributed by atoms with Crippen molar-refractivity contribution in [1.82, 2.24) is 19.9 Å². The van der Waals surface area contributed by atoms with Crippen molar-refractivity contribution in [2.45, 2.75) is 57.3 Å². The Hall–Kier alpha value is -3.45. The number of aliphatic hydroxyl groups excluding tert-OH is 1. The lowest BCUT2D eigenvalue weighted by Crippen LogP contribution is -2.38. The Kier molecular flexibility index (Phi) is 5.79. The second-order valence-corrected chi connectivity index (χ2v) is 8.99. The van der Waals surface area contributed by atoms with E-state index in [0.29, 0.717) is 31.7 Å². The number of hydrogen-bond donors (Lipinski definition) is 3. The van der Waals surface area contributed by atoms with Crippen LogP contribution in [-0.4, -0.2) is 51.2 Å². The van der Waals surface area contributed by atoms with Crippen LogP contribution >= 0.6 is 0 Å². The van der Waals surface area contributed by atoms with E-state index in [9.17, 15) is 23.1 Å². The molecule has 1 saturated heterocycles. The van der Waals surface area contributed by atoms with E-state index in [2.05, 4.69) is 25.3 Å². The summed E-state index contributed by atoms with van der Waals surface area (Å²) >= 11 is 0. The van der Waals surface area contributed by atoms with Crippen molar-refractivity contribution in [3.8, 4) is 5.75 Å². The smallest absolute Gasteiger partial charge is 0.419 e. The van der Waals surface area contributed by atoms with Gasteiger partial charge >= 0.3 is 6.18 Å². The number of pyridine rings is 1. The molecule has 3 N–H and O–H groups in total. The second-order valence-electron chi connectivity index (χ2n) is 8.99. The Morgan fingerprint density at radius 2 is 2.03 bits per heavy atom. The minimum absolute atomic E-state index is 0.118. The number of aromatic nitrogens is 4. The van der Waals surface area contributed by atoms with Crippen molar-refractivity contribution < 1.29 is 27.8 Å². The molecule has 2 fully saturated rings. The van der Waals surface area contributed by atoms with Crippen molar-refractivity contribution in [2.75, 3.05) is 23.9 Å². The third-order valence-corrected chi connectivity index (χ3v) is 6.59. The second kappa shape index (κ2) is 8.59. The van der Waals surface area contributed by atoms with Crippen LogP contribution in [-0.2, 0) is 16.5 Å². The first kappa shape index (κ1) is 24.3. The number of fused-ring (bicyclic) bond motifs is 1. The molecule has 0 bridgehead atoms. The molecular formula is C23H25F3N6O4. The molecule has 1 aromatic carbocycles. The molecule has 192 valence electrons. The largest absolute Gasteiger partial charge is 0.496 e. The highest BCUT2D eigenvalue weighted by Crippen LogP contribution is 2.47. The molecule has 1 aliphatic heterocycles. The Morgan fingerprint density at radius 1 is 1.28 bits per heavy atom. The van der Waals surface area contributed by atoms with Gasteiger partial charge < -0.3 is 24.9 Å². The molecule has 0 amide bonds. The molecule has 3 heterocycles. The van der Waals surface area contributed by atoms with Crippen LogP contribution in [0.15, 0.2) is 23.0 Å². The molecule has 1 unspecified atom stereocenters. The van der Waals surface area contributed by atoms with Gasteiger partial charge in [0.15, 0.2) is 0 Å². The van der Waals surface area contributed by atoms with Gasteiger partial charge in [0.25, 0.3) is 5.56 Å². The number of H-pyrrole nitrogens is 1. The molecule has 1 aliphatic carbocycles. The zero-order chi connectivity index (χ0) is 25.8. The summed E-state index contributed by atoms with van der Waals surface area (Å²) in [5.74, 6) is 0.437. The summed E-state index contributed by atoms with van der Waals surface area (Å²) < 4.78 is 50.8. The van der Waals surface area contributed by atoms with E-state index >= 15 is 0 Å². The first-order chi connectivity index (χ1) is 17.0. The van der Waals surface area contributed by atoms with E-state index in [0.717, 1.165) is 13.2 Å². The van der Waals surface area contributed by atoms with Gasteiger partial charge in [0.05, 0.1) is 36.4 Å². The van der Waals surface area contributed by atoms with Crippen molar-refractivity contribution in [3.63, 3.8) is 0 Å². The number of aryl methyl sites for hydroxylation is 1. The van der Waals surface area contributed by atoms with Gasteiger partial charge in [-0.05, 0) is 43.7 Å². The van der Waals surface area contributed by atoms with E-state index in [1.54, 1.807) is 11.8 Å². The Bertz CT molecular complexity index is 1370. The van der Waals surface area contributed by atoms with E-state index in [1.165, 1.54) is 12.1 Å². The molecule has 2 atom stereocenters. The van der Waals surface area contributed by atoms with Crippen molar-refractivity contribution in [2.24, 2.45) is 0 Å². The fourth-order valence-electron chi connectivity index (χ4n) is 4.54. The van der Waals surface area contributed by atoms with Gasteiger partial charge in [-0.3, -0.25) is 9.69 Å². The fraction of sp³-hybridized carbons (Fsp3) is 0.478. The number of rotatable bonds is 6. The van der Waals surface area contributed by atoms with Gasteiger partial charge in [0, 0.05) is 11.6 Å². The number of alkyl halides is 3. The van der Waals surface area contributed by atoms with Gasteiger partial charge in [0.2, 0.25) is 18.3 Å². The summed E-state index contributed by atoms with van der Waals surface area (Å²) in [5.41, 5.74) is -1.70. The number of nitrogens with one attached hydrogen (secondary N) is 2. The lowest BCUT2D eigenvalue weighted by Gasteiger charge is -2.25. The molecule has 0 spiro atoms. The summed E-state index contributed by atoms with van der Waals surface area (Å²) in [7, 11) is 1.15. The zero-order valence-electron chi connectivity index (χ0n) is 19.8. The number of nitrogens with zero attached hydrogens (tertiary/aromatic N) is 4. The maximum atomic E-state index is 13.5. The Balaban J connectivity index is 1.52. The van der Waals surface area contributed by atoms with Crippen LogP contribution in [0.4, 0.5) is 25.1 Å². The van der Waals surface area contributed by atoms with Crippen LogP contribution in [0, 0.1) is 6.92 Å². The number of methoxy groups -OCH3 is 1. The SMILES string of the molecule is CC[C@H]1COC(O)N1c1nc(C)nc(NC2(c3cc4cc(C(F)(F)F)c(OC)cc4[nH]c3=O)CC2)n1. The average Bonchev–Trinajstić information content (AvgIpc) is 3.48. The van der Waals surface area contributed by atoms with Gasteiger partial charge in [-0.2, -0.15) is 28.1 Å². The minimum atomic E-state index is -4.62. The number of halogens is 3. The van der Waals surface area contributed by atoms with Crippen LogP contribution < -0.4 is 20.5 Å². The number of hydrogen-bond acceptors (Lipinski definition) is 9. The van der Waals surface area contributed by atoms with Crippen LogP contribution in [0.25, 0.3) is 10.9 Å². The molecular weight excluding hydrogens is 481 g/mol. The van der Waals surface area contributed by atoms with Crippen LogP contribution in [0.1, 0.15) is 43.1 Å². The number of aliphatic hydroxyl groups is 1. The van der Waals surface area contributed by atoms with Crippen molar-refractivity contribution in [3.05, 3.63) is 45.5 Å². The monoisotopic (exact) mass is 506 g/mol. The molecule has 3 aromatic rings. The summed E-state index contributed by atoms with van der Waals surface area (Å²) in [6, 6.07) is 3.48. The molecule has 36 heavy (non-hydrogen) atoms. The highest BCUT2D eigenvalue weighted by molar-refractivity contribution is 5.82. The minimum Gasteiger partial charge on any atom is -0.496 e. The third kappa shape index (κ3) is 4.22. The van der Waals surface area contributed by atoms with Gasteiger partial charge in [-0.15, -0.1) is 0 Å². The first-order valence-electron chi connectivity index (χ1n) is 11.5. The average molecular weight is 506 g/mol. The maximum absolute atomic E-state index is 13.5. The van der Waals surface area contributed by atoms with Crippen LogP contribution in [0.3, 0.4) is 0 Å². The van der Waals surface area contributed by atoms with Gasteiger partial charge in [0.1, 0.15) is 11.6 Å². The quantitative estimate of drug-likeness (QED) is 0.463. The fourth-order valence-corrected chi connectivity index (χ4v) is 4.54. The lowest BCUT2D eigenvalue weighted by atomic mass is 10.0. The van der Waals surface area contributed by atoms with Crippen LogP contribution in [0.5, 0.6) is 5.75 Å². The number of anilines is 2. The molecule has 2 aliphatic rings. The Labute approximate surface area is 203 Å². The molecule has 5 rings (SSSR count). The number of ether oxygens (including phenoxy) is 2. The van der Waals surface area contributed by atoms with Gasteiger partial charge in [-0.1, -0.05) is 6.92 Å². The molecule has 2 aromatic heterocycles. The molecule has 1 saturated carbocycles. The number of aromatic amines is 1. The Morgan fingerprint density at radius 3 is 2.67 bits per heavy atom. The first-order valence-corrected chi connectivity index (χ1v) is 11.5. The predicted molar refractivity (Wildman–Crippen MR) is 124 cm³/mol. The topological polar surface area (TPSA) is 125 Å². The van der Waals surface area contributed by atoms with E-state index < -0.39 is 29.3 Å². The van der Waals surface area contributed by atoms with E-state index in [1.807, 2.05) is 6.92 Å².